The number of amides is 2. The van der Waals surface area contributed by atoms with Gasteiger partial charge >= 0.3 is 0 Å². The SMILES string of the molecule is CNC(=O)[C@@H](Cc1ccccc1)N(Cc1cccc(Br)c1)C(=O)CN(c1ccc(Cl)cc1)S(=O)(=O)c1ccc(OC)cc1. The predicted molar refractivity (Wildman–Crippen MR) is 172 cm³/mol. The van der Waals surface area contributed by atoms with Crippen LogP contribution in [0.4, 0.5) is 5.69 Å². The van der Waals surface area contributed by atoms with Crippen molar-refractivity contribution in [2.24, 2.45) is 0 Å². The highest BCUT2D eigenvalue weighted by atomic mass is 79.9. The third kappa shape index (κ3) is 8.16. The number of carbonyl (C=O) groups excluding carboxylic acids is 2. The molecule has 0 radical (unpaired) electrons. The van der Waals surface area contributed by atoms with Crippen molar-refractivity contribution in [3.05, 3.63) is 124 Å². The number of rotatable bonds is 12. The standard InChI is InChI=1S/C32H31BrClN3O5S/c1-35-32(39)30(20-23-7-4-3-5-8-23)36(21-24-9-6-10-25(33)19-24)31(38)22-37(27-13-11-26(34)12-14-27)43(40,41)29-17-15-28(42-2)16-18-29/h3-19,30H,20-22H2,1-2H3,(H,35,39)/t30-/m1/s1. The summed E-state index contributed by atoms with van der Waals surface area (Å²) in [6, 6.07) is 27.9. The summed E-state index contributed by atoms with van der Waals surface area (Å²) in [5.41, 5.74) is 1.86. The van der Waals surface area contributed by atoms with E-state index >= 15 is 0 Å². The van der Waals surface area contributed by atoms with Crippen LogP contribution in [0.3, 0.4) is 0 Å². The van der Waals surface area contributed by atoms with Crippen molar-refractivity contribution in [1.82, 2.24) is 10.2 Å². The average Bonchev–Trinajstić information content (AvgIpc) is 3.02. The Hall–Kier alpha value is -3.86. The van der Waals surface area contributed by atoms with Gasteiger partial charge < -0.3 is 15.0 Å². The largest absolute Gasteiger partial charge is 0.497 e. The lowest BCUT2D eigenvalue weighted by Crippen LogP contribution is -2.53. The van der Waals surface area contributed by atoms with Gasteiger partial charge in [0.15, 0.2) is 0 Å². The maximum absolute atomic E-state index is 14.3. The molecule has 4 aromatic rings. The van der Waals surface area contributed by atoms with E-state index < -0.39 is 28.5 Å². The average molecular weight is 685 g/mol. The Morgan fingerprint density at radius 1 is 0.907 bits per heavy atom. The topological polar surface area (TPSA) is 96.0 Å². The summed E-state index contributed by atoms with van der Waals surface area (Å²) in [6.07, 6.45) is 0.229. The van der Waals surface area contributed by atoms with E-state index in [1.54, 1.807) is 12.1 Å². The van der Waals surface area contributed by atoms with Crippen LogP contribution >= 0.6 is 27.5 Å². The zero-order valence-electron chi connectivity index (χ0n) is 23.6. The van der Waals surface area contributed by atoms with Crippen molar-refractivity contribution >= 4 is 55.1 Å². The van der Waals surface area contributed by atoms with Crippen LogP contribution in [-0.4, -0.2) is 51.9 Å². The van der Waals surface area contributed by atoms with Gasteiger partial charge in [0.25, 0.3) is 10.0 Å². The molecular weight excluding hydrogens is 654 g/mol. The van der Waals surface area contributed by atoms with Gasteiger partial charge in [-0.05, 0) is 71.8 Å². The lowest BCUT2D eigenvalue weighted by molar-refractivity contribution is -0.139. The summed E-state index contributed by atoms with van der Waals surface area (Å²) in [5.74, 6) is -0.442. The normalized spacial score (nSPS) is 11.8. The van der Waals surface area contributed by atoms with E-state index in [4.69, 9.17) is 16.3 Å². The number of nitrogens with one attached hydrogen (secondary N) is 1. The van der Waals surface area contributed by atoms with E-state index in [1.165, 1.54) is 55.5 Å². The summed E-state index contributed by atoms with van der Waals surface area (Å²) < 4.78 is 35.1. The van der Waals surface area contributed by atoms with E-state index in [1.807, 2.05) is 54.6 Å². The Balaban J connectivity index is 1.78. The van der Waals surface area contributed by atoms with Gasteiger partial charge in [-0.1, -0.05) is 70.0 Å². The zero-order valence-corrected chi connectivity index (χ0v) is 26.8. The molecule has 224 valence electrons. The van der Waals surface area contributed by atoms with E-state index in [9.17, 15) is 18.0 Å². The Morgan fingerprint density at radius 3 is 2.16 bits per heavy atom. The Kier molecular flexibility index (Phi) is 10.8. The first-order valence-electron chi connectivity index (χ1n) is 13.3. The highest BCUT2D eigenvalue weighted by molar-refractivity contribution is 9.10. The van der Waals surface area contributed by atoms with Gasteiger partial charge in [0.2, 0.25) is 11.8 Å². The van der Waals surface area contributed by atoms with Gasteiger partial charge in [-0.3, -0.25) is 13.9 Å². The first-order chi connectivity index (χ1) is 20.6. The minimum atomic E-state index is -4.23. The molecule has 8 nitrogen and oxygen atoms in total. The van der Waals surface area contributed by atoms with Gasteiger partial charge in [0.05, 0.1) is 17.7 Å². The molecule has 0 aliphatic carbocycles. The summed E-state index contributed by atoms with van der Waals surface area (Å²) in [7, 11) is -1.23. The molecule has 4 rings (SSSR count). The summed E-state index contributed by atoms with van der Waals surface area (Å²) in [6.45, 7) is -0.494. The van der Waals surface area contributed by atoms with Crippen LogP contribution in [0, 0.1) is 0 Å². The molecule has 43 heavy (non-hydrogen) atoms. The third-order valence-electron chi connectivity index (χ3n) is 6.80. The van der Waals surface area contributed by atoms with Gasteiger partial charge in [-0.25, -0.2) is 8.42 Å². The van der Waals surface area contributed by atoms with Crippen molar-refractivity contribution in [1.29, 1.82) is 0 Å². The van der Waals surface area contributed by atoms with Crippen LogP contribution in [-0.2, 0) is 32.6 Å². The number of hydrogen-bond donors (Lipinski definition) is 1. The fourth-order valence-electron chi connectivity index (χ4n) is 4.56. The molecule has 0 spiro atoms. The van der Waals surface area contributed by atoms with Crippen molar-refractivity contribution in [2.75, 3.05) is 25.0 Å². The van der Waals surface area contributed by atoms with E-state index in [0.29, 0.717) is 10.8 Å². The van der Waals surface area contributed by atoms with Crippen LogP contribution in [0.5, 0.6) is 5.75 Å². The minimum Gasteiger partial charge on any atom is -0.497 e. The van der Waals surface area contributed by atoms with Gasteiger partial charge in [0.1, 0.15) is 18.3 Å². The Labute approximate surface area is 265 Å². The van der Waals surface area contributed by atoms with Crippen LogP contribution < -0.4 is 14.4 Å². The third-order valence-corrected chi connectivity index (χ3v) is 9.33. The van der Waals surface area contributed by atoms with E-state index in [-0.39, 0.29) is 29.5 Å². The molecule has 1 atom stereocenters. The molecule has 0 aliphatic heterocycles. The molecule has 0 bridgehead atoms. The van der Waals surface area contributed by atoms with Crippen molar-refractivity contribution < 1.29 is 22.7 Å². The quantitative estimate of drug-likeness (QED) is 0.207. The second-order valence-electron chi connectivity index (χ2n) is 9.63. The van der Waals surface area contributed by atoms with Crippen LogP contribution in [0.25, 0.3) is 0 Å². The van der Waals surface area contributed by atoms with Crippen LogP contribution in [0.15, 0.2) is 112 Å². The number of hydrogen-bond acceptors (Lipinski definition) is 5. The van der Waals surface area contributed by atoms with Crippen LogP contribution in [0.1, 0.15) is 11.1 Å². The van der Waals surface area contributed by atoms with Gasteiger partial charge in [-0.2, -0.15) is 0 Å². The van der Waals surface area contributed by atoms with Crippen molar-refractivity contribution in [3.8, 4) is 5.75 Å². The highest BCUT2D eigenvalue weighted by Crippen LogP contribution is 2.27. The first-order valence-corrected chi connectivity index (χ1v) is 15.9. The number of sulfonamides is 1. The second kappa shape index (κ2) is 14.5. The predicted octanol–water partition coefficient (Wildman–Crippen LogP) is 5.69. The smallest absolute Gasteiger partial charge is 0.264 e. The number of likely N-dealkylation sites (N-methyl/N-ethyl adjacent to an activating group) is 1. The molecular formula is C32H31BrClN3O5S. The fraction of sp³-hybridized carbons (Fsp3) is 0.188. The maximum Gasteiger partial charge on any atom is 0.264 e. The lowest BCUT2D eigenvalue weighted by Gasteiger charge is -2.33. The fourth-order valence-corrected chi connectivity index (χ4v) is 6.55. The monoisotopic (exact) mass is 683 g/mol. The molecule has 11 heteroatoms. The van der Waals surface area contributed by atoms with Crippen molar-refractivity contribution in [3.63, 3.8) is 0 Å². The van der Waals surface area contributed by atoms with E-state index in [0.717, 1.165) is 19.9 Å². The number of halogens is 2. The summed E-state index contributed by atoms with van der Waals surface area (Å²) in [4.78, 5) is 29.0. The molecule has 0 saturated heterocycles. The number of ether oxygens (including phenoxy) is 1. The summed E-state index contributed by atoms with van der Waals surface area (Å²) in [5, 5.41) is 3.09. The zero-order chi connectivity index (χ0) is 31.0. The van der Waals surface area contributed by atoms with Gasteiger partial charge in [-0.15, -0.1) is 0 Å². The molecule has 0 saturated carbocycles. The molecule has 4 aromatic carbocycles. The Morgan fingerprint density at radius 2 is 1.56 bits per heavy atom. The number of anilines is 1. The molecule has 0 aromatic heterocycles. The second-order valence-corrected chi connectivity index (χ2v) is 12.8. The molecule has 0 heterocycles. The molecule has 0 aliphatic rings. The molecule has 2 amide bonds. The highest BCUT2D eigenvalue weighted by Gasteiger charge is 2.34. The number of carbonyl (C=O) groups is 2. The van der Waals surface area contributed by atoms with Crippen molar-refractivity contribution in [2.45, 2.75) is 23.9 Å². The Bertz CT molecular complexity index is 1650. The van der Waals surface area contributed by atoms with Crippen LogP contribution in [0.2, 0.25) is 5.02 Å². The first kappa shape index (κ1) is 32.1. The number of benzene rings is 4. The van der Waals surface area contributed by atoms with E-state index in [2.05, 4.69) is 21.2 Å². The minimum absolute atomic E-state index is 0.0262. The van der Waals surface area contributed by atoms with Gasteiger partial charge in [0, 0.05) is 29.5 Å². The number of nitrogens with zero attached hydrogens (tertiary/aromatic N) is 2. The molecule has 1 N–H and O–H groups in total. The molecule has 0 unspecified atom stereocenters. The summed E-state index contributed by atoms with van der Waals surface area (Å²) >= 11 is 9.58. The maximum atomic E-state index is 14.3. The molecule has 0 fully saturated rings. The number of methoxy groups -OCH3 is 1. The lowest BCUT2D eigenvalue weighted by atomic mass is 10.0.